The van der Waals surface area contributed by atoms with Crippen molar-refractivity contribution in [3.63, 3.8) is 0 Å². The van der Waals surface area contributed by atoms with Gasteiger partial charge in [-0.1, -0.05) is 0 Å². The molecule has 1 rings (SSSR count). The van der Waals surface area contributed by atoms with Gasteiger partial charge in [0.05, 0.1) is 6.54 Å². The molecule has 0 fully saturated rings. The van der Waals surface area contributed by atoms with Crippen LogP contribution in [0, 0.1) is 6.92 Å². The molecule has 0 saturated heterocycles. The first kappa shape index (κ1) is 9.91. The quantitative estimate of drug-likeness (QED) is 0.659. The Bertz CT molecular complexity index is 295. The van der Waals surface area contributed by atoms with Crippen LogP contribution < -0.4 is 5.32 Å². The number of nitrogens with zero attached hydrogens (tertiary/aromatic N) is 3. The van der Waals surface area contributed by atoms with Crippen molar-refractivity contribution in [3.8, 4) is 0 Å². The molecule has 0 aliphatic carbocycles. The molecule has 0 aliphatic rings. The molecule has 5 nitrogen and oxygen atoms in total. The van der Waals surface area contributed by atoms with Crippen LogP contribution in [0.15, 0.2) is 0 Å². The van der Waals surface area contributed by atoms with Crippen molar-refractivity contribution in [1.29, 1.82) is 0 Å². The molecule has 0 spiro atoms. The maximum atomic E-state index is 5.03. The van der Waals surface area contributed by atoms with Crippen LogP contribution in [0.3, 0.4) is 0 Å². The predicted octanol–water partition coefficient (Wildman–Crippen LogP) is 0.0492. The highest BCUT2D eigenvalue weighted by Gasteiger charge is 2.06. The van der Waals surface area contributed by atoms with Crippen LogP contribution in [-0.2, 0) is 6.54 Å². The number of hydrogen-bond acceptors (Lipinski definition) is 3. The smallest absolute Gasteiger partial charge is 0.169 e. The fraction of sp³-hybridized carbons (Fsp3) is 0.571. The van der Waals surface area contributed by atoms with Gasteiger partial charge in [-0.05, 0) is 19.1 Å². The molecule has 0 bridgehead atoms. The third-order valence-corrected chi connectivity index (χ3v) is 2.10. The van der Waals surface area contributed by atoms with Gasteiger partial charge in [0.1, 0.15) is 5.82 Å². The Labute approximate surface area is 82.5 Å². The summed E-state index contributed by atoms with van der Waals surface area (Å²) in [4.78, 5) is 6.04. The minimum atomic E-state index is 0.615. The maximum Gasteiger partial charge on any atom is 0.169 e. The molecule has 0 saturated carbocycles. The van der Waals surface area contributed by atoms with Crippen LogP contribution in [0.5, 0.6) is 0 Å². The summed E-state index contributed by atoms with van der Waals surface area (Å²) in [5.41, 5.74) is 0. The summed E-state index contributed by atoms with van der Waals surface area (Å²) < 4.78 is 0. The number of thiocarbonyl (C=S) groups is 1. The number of hydrogen-bond donors (Lipinski definition) is 2. The maximum absolute atomic E-state index is 5.03. The predicted molar refractivity (Wildman–Crippen MR) is 54.2 cm³/mol. The molecule has 2 N–H and O–H groups in total. The minimum absolute atomic E-state index is 0.615. The van der Waals surface area contributed by atoms with Gasteiger partial charge in [0.15, 0.2) is 10.9 Å². The zero-order chi connectivity index (χ0) is 9.84. The van der Waals surface area contributed by atoms with Gasteiger partial charge in [-0.3, -0.25) is 5.10 Å². The highest BCUT2D eigenvalue weighted by atomic mass is 32.1. The molecule has 1 aromatic rings. The van der Waals surface area contributed by atoms with Crippen molar-refractivity contribution in [1.82, 2.24) is 25.4 Å². The monoisotopic (exact) mass is 199 g/mol. The number of aromatic nitrogens is 3. The lowest BCUT2D eigenvalue weighted by Gasteiger charge is -2.16. The van der Waals surface area contributed by atoms with Crippen molar-refractivity contribution in [2.45, 2.75) is 13.5 Å². The van der Waals surface area contributed by atoms with Crippen molar-refractivity contribution in [2.24, 2.45) is 0 Å². The number of rotatable bonds is 2. The summed E-state index contributed by atoms with van der Waals surface area (Å²) in [5, 5.41) is 10.4. The van der Waals surface area contributed by atoms with E-state index in [0.29, 0.717) is 11.7 Å². The molecular formula is C7H13N5S. The molecule has 0 aliphatic heterocycles. The highest BCUT2D eigenvalue weighted by Crippen LogP contribution is 1.96. The molecule has 6 heteroatoms. The molecule has 1 heterocycles. The number of H-pyrrole nitrogens is 1. The SMILES string of the molecule is CNC(=S)N(C)Cc1n[nH]c(C)n1. The lowest BCUT2D eigenvalue weighted by Crippen LogP contribution is -2.34. The minimum Gasteiger partial charge on any atom is -0.366 e. The van der Waals surface area contributed by atoms with Gasteiger partial charge in [-0.15, -0.1) is 0 Å². The second kappa shape index (κ2) is 4.18. The summed E-state index contributed by atoms with van der Waals surface area (Å²) in [6.45, 7) is 2.48. The molecule has 1 aromatic heterocycles. The van der Waals surface area contributed by atoms with Crippen LogP contribution in [0.2, 0.25) is 0 Å². The summed E-state index contributed by atoms with van der Waals surface area (Å²) >= 11 is 5.03. The summed E-state index contributed by atoms with van der Waals surface area (Å²) in [6, 6.07) is 0. The van der Waals surface area contributed by atoms with Crippen molar-refractivity contribution in [2.75, 3.05) is 14.1 Å². The number of aromatic amines is 1. The lowest BCUT2D eigenvalue weighted by molar-refractivity contribution is 0.479. The summed E-state index contributed by atoms with van der Waals surface area (Å²) in [6.07, 6.45) is 0. The van der Waals surface area contributed by atoms with Gasteiger partial charge in [0, 0.05) is 14.1 Å². The van der Waals surface area contributed by atoms with Gasteiger partial charge >= 0.3 is 0 Å². The van der Waals surface area contributed by atoms with Crippen molar-refractivity contribution >= 4 is 17.3 Å². The van der Waals surface area contributed by atoms with Gasteiger partial charge in [0.25, 0.3) is 0 Å². The standard InChI is InChI=1S/C7H13N5S/c1-5-9-6(11-10-5)4-12(3)7(13)8-2/h4H2,1-3H3,(H,8,13)(H,9,10,11). The number of aryl methyl sites for hydroxylation is 1. The first-order valence-electron chi connectivity index (χ1n) is 3.94. The van der Waals surface area contributed by atoms with Gasteiger partial charge in [-0.2, -0.15) is 5.10 Å². The Morgan fingerprint density at radius 1 is 1.69 bits per heavy atom. The Morgan fingerprint density at radius 3 is 2.85 bits per heavy atom. The third kappa shape index (κ3) is 2.66. The Hall–Kier alpha value is -1.17. The lowest BCUT2D eigenvalue weighted by atomic mass is 10.5. The Morgan fingerprint density at radius 2 is 2.38 bits per heavy atom. The van der Waals surface area contributed by atoms with Crippen molar-refractivity contribution in [3.05, 3.63) is 11.6 Å². The molecule has 0 radical (unpaired) electrons. The molecular weight excluding hydrogens is 186 g/mol. The van der Waals surface area contributed by atoms with E-state index >= 15 is 0 Å². The number of nitrogens with one attached hydrogen (secondary N) is 2. The second-order valence-electron chi connectivity index (χ2n) is 2.75. The zero-order valence-corrected chi connectivity index (χ0v) is 8.77. The van der Waals surface area contributed by atoms with E-state index in [1.165, 1.54) is 0 Å². The van der Waals surface area contributed by atoms with E-state index < -0.39 is 0 Å². The zero-order valence-electron chi connectivity index (χ0n) is 7.96. The Balaban J connectivity index is 2.54. The molecule has 0 atom stereocenters. The van der Waals surface area contributed by atoms with Crippen LogP contribution in [0.25, 0.3) is 0 Å². The van der Waals surface area contributed by atoms with Crippen LogP contribution >= 0.6 is 12.2 Å². The van der Waals surface area contributed by atoms with E-state index in [1.807, 2.05) is 18.9 Å². The topological polar surface area (TPSA) is 56.8 Å². The van der Waals surface area contributed by atoms with Crippen LogP contribution in [-0.4, -0.2) is 39.3 Å². The fourth-order valence-electron chi connectivity index (χ4n) is 0.935. The highest BCUT2D eigenvalue weighted by molar-refractivity contribution is 7.80. The van der Waals surface area contributed by atoms with Crippen LogP contribution in [0.1, 0.15) is 11.6 Å². The summed E-state index contributed by atoms with van der Waals surface area (Å²) in [7, 11) is 3.69. The van der Waals surface area contributed by atoms with E-state index in [0.717, 1.165) is 11.6 Å². The second-order valence-corrected chi connectivity index (χ2v) is 3.13. The molecule has 13 heavy (non-hydrogen) atoms. The third-order valence-electron chi connectivity index (χ3n) is 1.58. The van der Waals surface area contributed by atoms with E-state index in [2.05, 4.69) is 20.5 Å². The molecule has 0 aromatic carbocycles. The van der Waals surface area contributed by atoms with Gasteiger partial charge in [-0.25, -0.2) is 4.98 Å². The first-order valence-corrected chi connectivity index (χ1v) is 4.35. The molecule has 0 amide bonds. The Kier molecular flexibility index (Phi) is 3.18. The average Bonchev–Trinajstić information content (AvgIpc) is 2.49. The van der Waals surface area contributed by atoms with E-state index in [1.54, 1.807) is 7.05 Å². The van der Waals surface area contributed by atoms with Gasteiger partial charge in [0.2, 0.25) is 0 Å². The largest absolute Gasteiger partial charge is 0.366 e. The normalized spacial score (nSPS) is 9.77. The first-order chi connectivity index (χ1) is 6.13. The van der Waals surface area contributed by atoms with E-state index in [9.17, 15) is 0 Å². The molecule has 0 unspecified atom stereocenters. The van der Waals surface area contributed by atoms with Crippen LogP contribution in [0.4, 0.5) is 0 Å². The van der Waals surface area contributed by atoms with E-state index in [4.69, 9.17) is 12.2 Å². The average molecular weight is 199 g/mol. The fourth-order valence-corrected chi connectivity index (χ4v) is 0.999. The van der Waals surface area contributed by atoms with E-state index in [-0.39, 0.29) is 0 Å². The summed E-state index contributed by atoms with van der Waals surface area (Å²) in [5.74, 6) is 1.57. The van der Waals surface area contributed by atoms with Gasteiger partial charge < -0.3 is 10.2 Å². The van der Waals surface area contributed by atoms with Crippen molar-refractivity contribution < 1.29 is 0 Å². The molecule has 72 valence electrons.